The van der Waals surface area contributed by atoms with Crippen LogP contribution in [0, 0.1) is 12.8 Å². The predicted molar refractivity (Wildman–Crippen MR) is 136 cm³/mol. The van der Waals surface area contributed by atoms with E-state index in [9.17, 15) is 15.0 Å². The highest BCUT2D eigenvalue weighted by molar-refractivity contribution is 5.72. The maximum Gasteiger partial charge on any atom is 0.310 e. The third kappa shape index (κ3) is 7.80. The summed E-state index contributed by atoms with van der Waals surface area (Å²) in [5.41, 5.74) is 8.76. The van der Waals surface area contributed by atoms with Gasteiger partial charge in [0.1, 0.15) is 11.6 Å². The third-order valence-corrected chi connectivity index (χ3v) is 6.61. The number of aliphatic hydroxyl groups is 1. The van der Waals surface area contributed by atoms with Gasteiger partial charge >= 0.3 is 5.97 Å². The zero-order valence-electron chi connectivity index (χ0n) is 21.1. The molecule has 1 saturated heterocycles. The molecule has 0 aliphatic carbocycles. The highest BCUT2D eigenvalue weighted by Gasteiger charge is 2.19. The molecule has 0 saturated carbocycles. The van der Waals surface area contributed by atoms with E-state index in [0.717, 1.165) is 44.3 Å². The zero-order chi connectivity index (χ0) is 25.4. The van der Waals surface area contributed by atoms with E-state index in [0.29, 0.717) is 41.6 Å². The van der Waals surface area contributed by atoms with Crippen molar-refractivity contribution in [1.29, 1.82) is 0 Å². The van der Waals surface area contributed by atoms with Crippen LogP contribution in [0.15, 0.2) is 18.2 Å². The minimum atomic E-state index is -0.281. The highest BCUT2D eigenvalue weighted by Crippen LogP contribution is 2.28. The summed E-state index contributed by atoms with van der Waals surface area (Å²) in [4.78, 5) is 23.3. The number of phenolic OH excluding ortho intramolecular Hbond substituents is 1. The average Bonchev–Trinajstić information content (AvgIpc) is 2.81. The Kier molecular flexibility index (Phi) is 9.68. The zero-order valence-corrected chi connectivity index (χ0v) is 21.1. The lowest BCUT2D eigenvalue weighted by Gasteiger charge is -2.28. The minimum Gasteiger partial charge on any atom is -0.508 e. The van der Waals surface area contributed by atoms with Gasteiger partial charge in [-0.25, -0.2) is 4.98 Å². The number of piperidine rings is 1. The van der Waals surface area contributed by atoms with E-state index < -0.39 is 0 Å². The van der Waals surface area contributed by atoms with Gasteiger partial charge in [-0.2, -0.15) is 4.98 Å². The molecule has 2 heterocycles. The molecule has 2 aromatic rings. The molecule has 0 unspecified atom stereocenters. The normalized spacial score (nSPS) is 15.7. The van der Waals surface area contributed by atoms with E-state index in [1.165, 1.54) is 0 Å². The number of hydrogen-bond acceptors (Lipinski definition) is 9. The van der Waals surface area contributed by atoms with E-state index >= 15 is 0 Å². The van der Waals surface area contributed by atoms with Gasteiger partial charge in [0.2, 0.25) is 5.95 Å². The van der Waals surface area contributed by atoms with Crippen LogP contribution in [-0.4, -0.2) is 70.4 Å². The molecule has 0 radical (unpaired) electrons. The molecule has 1 aliphatic heterocycles. The van der Waals surface area contributed by atoms with Crippen molar-refractivity contribution in [3.8, 4) is 5.75 Å². The number of anilines is 2. The van der Waals surface area contributed by atoms with Gasteiger partial charge in [0.25, 0.3) is 0 Å². The van der Waals surface area contributed by atoms with Crippen LogP contribution in [-0.2, 0) is 22.4 Å². The van der Waals surface area contributed by atoms with E-state index in [-0.39, 0.29) is 36.7 Å². The molecule has 0 spiro atoms. The van der Waals surface area contributed by atoms with Crippen molar-refractivity contribution >= 4 is 17.7 Å². The molecule has 1 atom stereocenters. The Hall–Kier alpha value is -2.91. The smallest absolute Gasteiger partial charge is 0.310 e. The molecule has 3 rings (SSSR count). The number of nitrogens with two attached hydrogens (primary N) is 1. The Morgan fingerprint density at radius 2 is 2.06 bits per heavy atom. The summed E-state index contributed by atoms with van der Waals surface area (Å²) in [6, 6.07) is 5.11. The van der Waals surface area contributed by atoms with Crippen LogP contribution in [0.1, 0.15) is 55.0 Å². The number of aromatic nitrogens is 2. The van der Waals surface area contributed by atoms with Crippen LogP contribution in [0.5, 0.6) is 5.75 Å². The first-order chi connectivity index (χ1) is 16.8. The lowest BCUT2D eigenvalue weighted by Crippen LogP contribution is -2.32. The highest BCUT2D eigenvalue weighted by atomic mass is 16.5. The minimum absolute atomic E-state index is 0.0237. The summed E-state index contributed by atoms with van der Waals surface area (Å²) in [5, 5.41) is 23.7. The van der Waals surface area contributed by atoms with Gasteiger partial charge in [0.15, 0.2) is 0 Å². The topological polar surface area (TPSA) is 134 Å². The second kappa shape index (κ2) is 12.7. The molecule has 1 aliphatic rings. The summed E-state index contributed by atoms with van der Waals surface area (Å²) in [7, 11) is 2.11. The maximum atomic E-state index is 12.3. The average molecular weight is 486 g/mol. The molecule has 1 aromatic carbocycles. The van der Waals surface area contributed by atoms with E-state index in [1.54, 1.807) is 6.07 Å². The summed E-state index contributed by atoms with van der Waals surface area (Å²) >= 11 is 0. The van der Waals surface area contributed by atoms with Crippen molar-refractivity contribution in [3.63, 3.8) is 0 Å². The van der Waals surface area contributed by atoms with Gasteiger partial charge in [-0.15, -0.1) is 0 Å². The fourth-order valence-corrected chi connectivity index (χ4v) is 4.42. The Labute approximate surface area is 207 Å². The number of nitrogens with zero attached hydrogens (tertiary/aromatic N) is 3. The predicted octanol–water partition coefficient (Wildman–Crippen LogP) is 2.66. The Morgan fingerprint density at radius 3 is 2.71 bits per heavy atom. The van der Waals surface area contributed by atoms with Crippen LogP contribution < -0.4 is 11.1 Å². The number of phenols is 1. The fourth-order valence-electron chi connectivity index (χ4n) is 4.42. The summed E-state index contributed by atoms with van der Waals surface area (Å²) in [5.74, 6) is 0.946. The second-order valence-corrected chi connectivity index (χ2v) is 9.55. The summed E-state index contributed by atoms with van der Waals surface area (Å²) < 4.78 is 5.50. The van der Waals surface area contributed by atoms with Crippen molar-refractivity contribution in [3.05, 3.63) is 40.6 Å². The molecule has 0 amide bonds. The Morgan fingerprint density at radius 1 is 1.31 bits per heavy atom. The number of ether oxygens (including phenoxy) is 1. The number of carbonyl (C=O) groups excluding carboxylic acids is 1. The molecule has 192 valence electrons. The second-order valence-electron chi connectivity index (χ2n) is 9.55. The molecule has 0 bridgehead atoms. The number of likely N-dealkylation sites (tertiary alicyclic amines) is 1. The van der Waals surface area contributed by atoms with Gasteiger partial charge in [0.05, 0.1) is 25.7 Å². The quantitative estimate of drug-likeness (QED) is 0.354. The van der Waals surface area contributed by atoms with Crippen LogP contribution >= 0.6 is 0 Å². The molecular formula is C26H39N5O4. The molecule has 1 aromatic heterocycles. The summed E-state index contributed by atoms with van der Waals surface area (Å²) in [6.45, 7) is 6.39. The number of rotatable bonds is 11. The van der Waals surface area contributed by atoms with E-state index in [4.69, 9.17) is 10.5 Å². The third-order valence-electron chi connectivity index (χ3n) is 6.61. The van der Waals surface area contributed by atoms with E-state index in [1.807, 2.05) is 19.1 Å². The molecule has 1 fully saturated rings. The number of aryl methyl sites for hydroxylation is 1. The molecule has 9 nitrogen and oxygen atoms in total. The number of nitrogens with one attached hydrogen (secondary N) is 1. The van der Waals surface area contributed by atoms with Crippen LogP contribution in [0.25, 0.3) is 0 Å². The monoisotopic (exact) mass is 485 g/mol. The van der Waals surface area contributed by atoms with Crippen molar-refractivity contribution in [1.82, 2.24) is 14.9 Å². The first-order valence-electron chi connectivity index (χ1n) is 12.4. The van der Waals surface area contributed by atoms with Gasteiger partial charge in [0, 0.05) is 17.7 Å². The number of benzene rings is 1. The molecular weight excluding hydrogens is 446 g/mol. The first-order valence-corrected chi connectivity index (χ1v) is 12.4. The van der Waals surface area contributed by atoms with Crippen LogP contribution in [0.2, 0.25) is 0 Å². The van der Waals surface area contributed by atoms with Crippen molar-refractivity contribution in [2.45, 2.75) is 58.4 Å². The van der Waals surface area contributed by atoms with Gasteiger partial charge in [-0.05, 0) is 69.4 Å². The van der Waals surface area contributed by atoms with Gasteiger partial charge in [-0.3, -0.25) is 4.79 Å². The molecule has 9 heteroatoms. The lowest BCUT2D eigenvalue weighted by atomic mass is 9.98. The number of hydrogen-bond donors (Lipinski definition) is 4. The lowest BCUT2D eigenvalue weighted by molar-refractivity contribution is -0.144. The fraction of sp³-hybridized carbons (Fsp3) is 0.577. The van der Waals surface area contributed by atoms with E-state index in [2.05, 4.69) is 34.2 Å². The summed E-state index contributed by atoms with van der Waals surface area (Å²) in [6.07, 6.45) is 4.28. The Bertz CT molecular complexity index is 992. The van der Waals surface area contributed by atoms with Gasteiger partial charge in [-0.1, -0.05) is 25.5 Å². The maximum absolute atomic E-state index is 12.3. The number of nitrogen functional groups attached to an aromatic ring is 1. The van der Waals surface area contributed by atoms with Crippen LogP contribution in [0.3, 0.4) is 0 Å². The number of esters is 1. The van der Waals surface area contributed by atoms with Crippen molar-refractivity contribution < 1.29 is 19.7 Å². The molecule has 35 heavy (non-hydrogen) atoms. The number of carbonyl (C=O) groups is 1. The van der Waals surface area contributed by atoms with Crippen molar-refractivity contribution in [2.75, 3.05) is 44.4 Å². The number of aliphatic hydroxyl groups excluding tert-OH is 1. The molecule has 5 N–H and O–H groups in total. The number of aromatic hydroxyl groups is 1. The van der Waals surface area contributed by atoms with Crippen LogP contribution in [0.4, 0.5) is 11.8 Å². The standard InChI is InChI=1S/C26H39N5O4/c1-4-5-21(15-32)29-25-22(17(2)28-26(27)30-25)14-20-7-6-19(12-23(20)33)13-24(34)35-16-18-8-10-31(3)11-9-18/h6-7,12,18,21,32-33H,4-5,8-11,13-16H2,1-3H3,(H3,27,28,29,30)/t21-/m0/s1. The van der Waals surface area contributed by atoms with Gasteiger partial charge < -0.3 is 30.9 Å². The Balaban J connectivity index is 1.65. The largest absolute Gasteiger partial charge is 0.508 e. The SMILES string of the molecule is CCC[C@@H](CO)Nc1nc(N)nc(C)c1Cc1ccc(CC(=O)OCC2CCN(C)CC2)cc1O. The first kappa shape index (κ1) is 26.7. The van der Waals surface area contributed by atoms with Crippen molar-refractivity contribution in [2.24, 2.45) is 5.92 Å².